The molecule has 0 radical (unpaired) electrons. The Hall–Kier alpha value is 0.250. The fourth-order valence-electron chi connectivity index (χ4n) is 2.12. The molecule has 1 heterocycles. The van der Waals surface area contributed by atoms with Crippen LogP contribution >= 0.6 is 12.4 Å². The number of hydrogen-bond donors (Lipinski definition) is 1. The fraction of sp³-hybridized carbons (Fsp3) is 1.00. The molecule has 66 valence electrons. The van der Waals surface area contributed by atoms with Gasteiger partial charge in [-0.1, -0.05) is 6.92 Å². The Labute approximate surface area is 75.4 Å². The minimum Gasteiger partial charge on any atom is -0.317 e. The van der Waals surface area contributed by atoms with Gasteiger partial charge in [-0.3, -0.25) is 0 Å². The molecule has 2 aliphatic rings. The number of nitrogens with one attached hydrogen (secondary N) is 1. The second-order valence-electron chi connectivity index (χ2n) is 4.18. The van der Waals surface area contributed by atoms with Gasteiger partial charge in [0.05, 0.1) is 0 Å². The number of hydrogen-bond acceptors (Lipinski definition) is 1. The van der Waals surface area contributed by atoms with Crippen molar-refractivity contribution >= 4 is 12.4 Å². The predicted molar refractivity (Wildman–Crippen MR) is 50.2 cm³/mol. The molecule has 0 aromatic heterocycles. The van der Waals surface area contributed by atoms with Gasteiger partial charge in [-0.15, -0.1) is 12.4 Å². The first-order valence-electron chi connectivity index (χ1n) is 4.52. The van der Waals surface area contributed by atoms with E-state index in [9.17, 15) is 0 Å². The van der Waals surface area contributed by atoms with Crippen LogP contribution in [0, 0.1) is 11.3 Å². The van der Waals surface area contributed by atoms with Crippen molar-refractivity contribution in [3.8, 4) is 0 Å². The van der Waals surface area contributed by atoms with E-state index >= 15 is 0 Å². The van der Waals surface area contributed by atoms with Crippen LogP contribution in [0.1, 0.15) is 32.6 Å². The molecule has 1 nitrogen and oxygen atoms in total. The second kappa shape index (κ2) is 3.32. The van der Waals surface area contributed by atoms with E-state index in [1.807, 2.05) is 0 Å². The van der Waals surface area contributed by atoms with Gasteiger partial charge in [-0.05, 0) is 50.1 Å². The van der Waals surface area contributed by atoms with E-state index in [1.165, 1.54) is 38.8 Å². The molecule has 0 spiro atoms. The molecule has 11 heavy (non-hydrogen) atoms. The molecule has 1 saturated heterocycles. The molecule has 0 aromatic carbocycles. The zero-order valence-electron chi connectivity index (χ0n) is 7.23. The maximum atomic E-state index is 3.41. The first kappa shape index (κ1) is 9.34. The summed E-state index contributed by atoms with van der Waals surface area (Å²) in [6.45, 7) is 4.99. The predicted octanol–water partition coefficient (Wildman–Crippen LogP) is 2.21. The lowest BCUT2D eigenvalue weighted by molar-refractivity contribution is 0.257. The second-order valence-corrected chi connectivity index (χ2v) is 4.18. The first-order chi connectivity index (χ1) is 4.81. The van der Waals surface area contributed by atoms with Crippen LogP contribution in [0.5, 0.6) is 0 Å². The third kappa shape index (κ3) is 1.88. The lowest BCUT2D eigenvalue weighted by Gasteiger charge is -2.27. The third-order valence-electron chi connectivity index (χ3n) is 3.36. The van der Waals surface area contributed by atoms with Crippen LogP contribution in [0.25, 0.3) is 0 Å². The molecule has 1 N–H and O–H groups in total. The van der Waals surface area contributed by atoms with Crippen molar-refractivity contribution in [3.05, 3.63) is 0 Å². The highest BCUT2D eigenvalue weighted by atomic mass is 35.5. The molecule has 0 unspecified atom stereocenters. The first-order valence-corrected chi connectivity index (χ1v) is 4.52. The van der Waals surface area contributed by atoms with E-state index < -0.39 is 0 Å². The summed E-state index contributed by atoms with van der Waals surface area (Å²) in [7, 11) is 0. The Morgan fingerprint density at radius 3 is 2.18 bits per heavy atom. The van der Waals surface area contributed by atoms with Gasteiger partial charge in [0.2, 0.25) is 0 Å². The third-order valence-corrected chi connectivity index (χ3v) is 3.36. The molecule has 2 heteroatoms. The average molecular weight is 176 g/mol. The smallest absolute Gasteiger partial charge is 0.00461 e. The maximum Gasteiger partial charge on any atom is -0.00461 e. The minimum atomic E-state index is 0. The van der Waals surface area contributed by atoms with Gasteiger partial charge in [0.15, 0.2) is 0 Å². The number of piperidine rings is 1. The molecular weight excluding hydrogens is 158 g/mol. The van der Waals surface area contributed by atoms with Crippen molar-refractivity contribution in [2.45, 2.75) is 32.6 Å². The highest BCUT2D eigenvalue weighted by Gasteiger charge is 2.44. The van der Waals surface area contributed by atoms with Gasteiger partial charge < -0.3 is 5.32 Å². The monoisotopic (exact) mass is 175 g/mol. The molecule has 0 amide bonds. The number of rotatable bonds is 1. The summed E-state index contributed by atoms with van der Waals surface area (Å²) in [5.74, 6) is 1.05. The summed E-state index contributed by atoms with van der Waals surface area (Å²) in [6.07, 6.45) is 5.85. The van der Waals surface area contributed by atoms with Crippen LogP contribution in [0.4, 0.5) is 0 Å². The zero-order valence-corrected chi connectivity index (χ0v) is 8.04. The van der Waals surface area contributed by atoms with E-state index in [1.54, 1.807) is 0 Å². The van der Waals surface area contributed by atoms with Gasteiger partial charge in [0, 0.05) is 0 Å². The Kier molecular flexibility index (Phi) is 2.82. The minimum absolute atomic E-state index is 0. The van der Waals surface area contributed by atoms with Crippen LogP contribution in [-0.2, 0) is 0 Å². The molecule has 0 atom stereocenters. The van der Waals surface area contributed by atoms with Crippen molar-refractivity contribution in [1.82, 2.24) is 5.32 Å². The van der Waals surface area contributed by atoms with E-state index in [-0.39, 0.29) is 12.4 Å². The van der Waals surface area contributed by atoms with Crippen LogP contribution < -0.4 is 5.32 Å². The van der Waals surface area contributed by atoms with E-state index in [0.717, 1.165) is 11.3 Å². The van der Waals surface area contributed by atoms with Gasteiger partial charge in [0.25, 0.3) is 0 Å². The molecular formula is C9H18ClN. The Balaban J connectivity index is 0.000000605. The van der Waals surface area contributed by atoms with Crippen LogP contribution in [-0.4, -0.2) is 13.1 Å². The van der Waals surface area contributed by atoms with Crippen molar-refractivity contribution in [3.63, 3.8) is 0 Å². The lowest BCUT2D eigenvalue weighted by atomic mass is 9.83. The molecule has 0 aromatic rings. The maximum absolute atomic E-state index is 3.41. The van der Waals surface area contributed by atoms with Crippen molar-refractivity contribution in [1.29, 1.82) is 0 Å². The highest BCUT2D eigenvalue weighted by Crippen LogP contribution is 2.54. The summed E-state index contributed by atoms with van der Waals surface area (Å²) >= 11 is 0. The van der Waals surface area contributed by atoms with Crippen molar-refractivity contribution in [2.24, 2.45) is 11.3 Å². The molecule has 0 bridgehead atoms. The molecule has 1 saturated carbocycles. The van der Waals surface area contributed by atoms with E-state index in [0.29, 0.717) is 0 Å². The van der Waals surface area contributed by atoms with Crippen molar-refractivity contribution < 1.29 is 0 Å². The van der Waals surface area contributed by atoms with E-state index in [4.69, 9.17) is 0 Å². The Bertz CT molecular complexity index is 126. The summed E-state index contributed by atoms with van der Waals surface area (Å²) < 4.78 is 0. The summed E-state index contributed by atoms with van der Waals surface area (Å²) in [5.41, 5.74) is 0.780. The Morgan fingerprint density at radius 2 is 1.73 bits per heavy atom. The lowest BCUT2D eigenvalue weighted by Crippen LogP contribution is -2.31. The van der Waals surface area contributed by atoms with Crippen LogP contribution in [0.2, 0.25) is 0 Å². The van der Waals surface area contributed by atoms with Gasteiger partial charge in [-0.2, -0.15) is 0 Å². The molecule has 2 rings (SSSR count). The van der Waals surface area contributed by atoms with Gasteiger partial charge in [-0.25, -0.2) is 0 Å². The van der Waals surface area contributed by atoms with Gasteiger partial charge in [0.1, 0.15) is 0 Å². The highest BCUT2D eigenvalue weighted by molar-refractivity contribution is 5.85. The zero-order chi connectivity index (χ0) is 7.03. The van der Waals surface area contributed by atoms with Crippen LogP contribution in [0.15, 0.2) is 0 Å². The van der Waals surface area contributed by atoms with Gasteiger partial charge >= 0.3 is 0 Å². The SMILES string of the molecule is CC1(C2CCNCC2)CC1.Cl. The molecule has 2 fully saturated rings. The Morgan fingerprint density at radius 1 is 1.18 bits per heavy atom. The normalized spacial score (nSPS) is 29.2. The quantitative estimate of drug-likeness (QED) is 0.645. The standard InChI is InChI=1S/C9H17N.ClH/c1-9(4-5-9)8-2-6-10-7-3-8;/h8,10H,2-7H2,1H3;1H. The topological polar surface area (TPSA) is 12.0 Å². The van der Waals surface area contributed by atoms with E-state index in [2.05, 4.69) is 12.2 Å². The van der Waals surface area contributed by atoms with Crippen molar-refractivity contribution in [2.75, 3.05) is 13.1 Å². The number of halogens is 1. The summed E-state index contributed by atoms with van der Waals surface area (Å²) in [4.78, 5) is 0. The fourth-order valence-corrected chi connectivity index (χ4v) is 2.12. The summed E-state index contributed by atoms with van der Waals surface area (Å²) in [5, 5.41) is 3.41. The largest absolute Gasteiger partial charge is 0.317 e. The molecule has 1 aliphatic carbocycles. The average Bonchev–Trinajstić information content (AvgIpc) is 2.72. The summed E-state index contributed by atoms with van der Waals surface area (Å²) in [6, 6.07) is 0. The molecule has 1 aliphatic heterocycles. The van der Waals surface area contributed by atoms with Crippen LogP contribution in [0.3, 0.4) is 0 Å².